The zero-order chi connectivity index (χ0) is 20.2. The van der Waals surface area contributed by atoms with Crippen LogP contribution in [0.25, 0.3) is 10.6 Å². The minimum atomic E-state index is 0.0592. The molecule has 7 heteroatoms. The molecule has 0 saturated carbocycles. The van der Waals surface area contributed by atoms with Crippen molar-refractivity contribution in [2.45, 2.75) is 20.4 Å². The zero-order valence-corrected chi connectivity index (χ0v) is 18.5. The topological polar surface area (TPSA) is 48.5 Å². The minimum Gasteiger partial charge on any atom is -0.325 e. The van der Waals surface area contributed by atoms with Crippen LogP contribution in [0.3, 0.4) is 0 Å². The average molecular weight is 427 g/mol. The van der Waals surface area contributed by atoms with Crippen LogP contribution >= 0.6 is 22.7 Å². The van der Waals surface area contributed by atoms with Crippen molar-refractivity contribution >= 4 is 34.3 Å². The summed E-state index contributed by atoms with van der Waals surface area (Å²) in [6, 6.07) is 10.3. The number of carbonyl (C=O) groups is 1. The monoisotopic (exact) mass is 426 g/mol. The third kappa shape index (κ3) is 5.51. The number of anilines is 1. The molecule has 0 atom stereocenters. The van der Waals surface area contributed by atoms with Crippen molar-refractivity contribution in [3.8, 4) is 10.6 Å². The number of benzene rings is 1. The second kappa shape index (κ2) is 9.17. The Balaban J connectivity index is 1.23. The predicted octanol–water partition coefficient (Wildman–Crippen LogP) is 4.24. The molecule has 5 nitrogen and oxygen atoms in total. The molecule has 3 heterocycles. The van der Waals surface area contributed by atoms with E-state index in [1.54, 1.807) is 22.7 Å². The predicted molar refractivity (Wildman–Crippen MR) is 122 cm³/mol. The Morgan fingerprint density at radius 2 is 1.79 bits per heavy atom. The number of nitrogens with one attached hydrogen (secondary N) is 1. The van der Waals surface area contributed by atoms with Gasteiger partial charge in [0.1, 0.15) is 5.01 Å². The van der Waals surface area contributed by atoms with Crippen LogP contribution in [0.4, 0.5) is 5.69 Å². The van der Waals surface area contributed by atoms with Crippen LogP contribution in [-0.2, 0) is 11.3 Å². The first-order chi connectivity index (χ1) is 14.0. The summed E-state index contributed by atoms with van der Waals surface area (Å²) in [5.41, 5.74) is 4.30. The number of aryl methyl sites for hydroxylation is 2. The molecule has 3 aromatic rings. The van der Waals surface area contributed by atoms with Gasteiger partial charge in [0.05, 0.1) is 23.7 Å². The molecule has 1 aliphatic heterocycles. The lowest BCUT2D eigenvalue weighted by atomic mass is 10.1. The smallest absolute Gasteiger partial charge is 0.238 e. The van der Waals surface area contributed by atoms with Gasteiger partial charge in [-0.05, 0) is 48.6 Å². The Labute approximate surface area is 180 Å². The number of piperazine rings is 1. The highest BCUT2D eigenvalue weighted by atomic mass is 32.1. The van der Waals surface area contributed by atoms with Crippen molar-refractivity contribution < 1.29 is 4.79 Å². The lowest BCUT2D eigenvalue weighted by Gasteiger charge is -2.33. The largest absolute Gasteiger partial charge is 0.325 e. The van der Waals surface area contributed by atoms with E-state index in [0.717, 1.165) is 49.1 Å². The van der Waals surface area contributed by atoms with E-state index in [9.17, 15) is 4.79 Å². The van der Waals surface area contributed by atoms with Crippen molar-refractivity contribution in [2.24, 2.45) is 0 Å². The summed E-state index contributed by atoms with van der Waals surface area (Å²) in [7, 11) is 0. The first-order valence-corrected chi connectivity index (χ1v) is 11.6. The first kappa shape index (κ1) is 20.2. The lowest BCUT2D eigenvalue weighted by molar-refractivity contribution is -0.117. The summed E-state index contributed by atoms with van der Waals surface area (Å²) in [6.45, 7) is 9.17. The lowest BCUT2D eigenvalue weighted by Crippen LogP contribution is -2.48. The quantitative estimate of drug-likeness (QED) is 0.640. The van der Waals surface area contributed by atoms with Gasteiger partial charge in [0.25, 0.3) is 0 Å². The van der Waals surface area contributed by atoms with Crippen LogP contribution in [0.1, 0.15) is 16.1 Å². The van der Waals surface area contributed by atoms with Crippen molar-refractivity contribution in [2.75, 3.05) is 38.0 Å². The number of hydrogen-bond acceptors (Lipinski definition) is 6. The molecule has 1 aromatic carbocycles. The van der Waals surface area contributed by atoms with Crippen molar-refractivity contribution in [1.29, 1.82) is 0 Å². The number of aromatic nitrogens is 1. The van der Waals surface area contributed by atoms with E-state index in [1.807, 2.05) is 26.0 Å². The van der Waals surface area contributed by atoms with Gasteiger partial charge in [-0.15, -0.1) is 22.7 Å². The number of thiazole rings is 1. The number of thiophene rings is 1. The van der Waals surface area contributed by atoms with Gasteiger partial charge < -0.3 is 5.32 Å². The van der Waals surface area contributed by atoms with Crippen LogP contribution in [0, 0.1) is 13.8 Å². The van der Waals surface area contributed by atoms with Gasteiger partial charge in [0, 0.05) is 37.2 Å². The Bertz CT molecular complexity index is 939. The van der Waals surface area contributed by atoms with Crippen LogP contribution < -0.4 is 5.32 Å². The van der Waals surface area contributed by atoms with Gasteiger partial charge >= 0.3 is 0 Å². The van der Waals surface area contributed by atoms with E-state index in [1.165, 1.54) is 16.0 Å². The van der Waals surface area contributed by atoms with Crippen LogP contribution in [0.2, 0.25) is 0 Å². The fraction of sp³-hybridized carbons (Fsp3) is 0.364. The van der Waals surface area contributed by atoms with Gasteiger partial charge in [-0.3, -0.25) is 14.6 Å². The number of amides is 1. The van der Waals surface area contributed by atoms with E-state index in [4.69, 9.17) is 4.98 Å². The Morgan fingerprint density at radius 3 is 2.48 bits per heavy atom. The van der Waals surface area contributed by atoms with Gasteiger partial charge in [-0.2, -0.15) is 0 Å². The van der Waals surface area contributed by atoms with Crippen LogP contribution in [-0.4, -0.2) is 53.4 Å². The molecule has 0 spiro atoms. The van der Waals surface area contributed by atoms with E-state index in [0.29, 0.717) is 6.54 Å². The van der Waals surface area contributed by atoms with Crippen LogP contribution in [0.15, 0.2) is 41.1 Å². The Hall–Kier alpha value is -2.06. The number of carbonyl (C=O) groups excluding carboxylic acids is 1. The molecule has 152 valence electrons. The molecule has 1 amide bonds. The summed E-state index contributed by atoms with van der Waals surface area (Å²) in [5.74, 6) is 0.0592. The highest BCUT2D eigenvalue weighted by Gasteiger charge is 2.20. The first-order valence-electron chi connectivity index (χ1n) is 9.86. The van der Waals surface area contributed by atoms with Gasteiger partial charge in [-0.25, -0.2) is 4.98 Å². The molecule has 0 bridgehead atoms. The third-order valence-corrected chi connectivity index (χ3v) is 6.75. The number of rotatable bonds is 6. The Morgan fingerprint density at radius 1 is 1.07 bits per heavy atom. The maximum absolute atomic E-state index is 12.4. The second-order valence-electron chi connectivity index (χ2n) is 7.58. The third-order valence-electron chi connectivity index (χ3n) is 5.02. The highest BCUT2D eigenvalue weighted by molar-refractivity contribution is 7.14. The fourth-order valence-electron chi connectivity index (χ4n) is 3.67. The number of nitrogens with zero attached hydrogens (tertiary/aromatic N) is 3. The molecule has 29 heavy (non-hydrogen) atoms. The molecule has 1 fully saturated rings. The van der Waals surface area contributed by atoms with E-state index in [2.05, 4.69) is 44.1 Å². The highest BCUT2D eigenvalue weighted by Crippen LogP contribution is 2.26. The maximum atomic E-state index is 12.4. The summed E-state index contributed by atoms with van der Waals surface area (Å²) < 4.78 is 0. The summed E-state index contributed by atoms with van der Waals surface area (Å²) in [6.07, 6.45) is 0. The number of hydrogen-bond donors (Lipinski definition) is 1. The zero-order valence-electron chi connectivity index (χ0n) is 16.9. The van der Waals surface area contributed by atoms with Gasteiger partial charge in [0.15, 0.2) is 0 Å². The Kier molecular flexibility index (Phi) is 6.40. The molecule has 4 rings (SSSR count). The molecule has 1 N–H and O–H groups in total. The molecule has 0 aliphatic carbocycles. The maximum Gasteiger partial charge on any atom is 0.238 e. The molecular weight excluding hydrogens is 400 g/mol. The SMILES string of the molecule is Cc1cc(C)cc(NC(=O)CN2CCN(Cc3nc(-c4cccs4)cs3)CC2)c1. The average Bonchev–Trinajstić information content (AvgIpc) is 3.34. The standard InChI is InChI=1S/C22H26N4OS2/c1-16-10-17(2)12-18(11-16)23-21(27)13-25-5-7-26(8-6-25)14-22-24-19(15-29-22)20-4-3-9-28-20/h3-4,9-12,15H,5-8,13-14H2,1-2H3,(H,23,27). The summed E-state index contributed by atoms with van der Waals surface area (Å²) >= 11 is 3.46. The molecular formula is C22H26N4OS2. The van der Waals surface area contributed by atoms with Crippen molar-refractivity contribution in [1.82, 2.24) is 14.8 Å². The van der Waals surface area contributed by atoms with E-state index >= 15 is 0 Å². The summed E-state index contributed by atoms with van der Waals surface area (Å²) in [5, 5.41) is 8.43. The molecule has 2 aromatic heterocycles. The molecule has 0 unspecified atom stereocenters. The molecule has 1 saturated heterocycles. The van der Waals surface area contributed by atoms with Crippen molar-refractivity contribution in [3.63, 3.8) is 0 Å². The minimum absolute atomic E-state index is 0.0592. The van der Waals surface area contributed by atoms with E-state index in [-0.39, 0.29) is 5.91 Å². The molecule has 1 aliphatic rings. The van der Waals surface area contributed by atoms with E-state index < -0.39 is 0 Å². The molecule has 0 radical (unpaired) electrons. The summed E-state index contributed by atoms with van der Waals surface area (Å²) in [4.78, 5) is 23.1. The van der Waals surface area contributed by atoms with Crippen molar-refractivity contribution in [3.05, 3.63) is 57.2 Å². The van der Waals surface area contributed by atoms with Gasteiger partial charge in [0.2, 0.25) is 5.91 Å². The van der Waals surface area contributed by atoms with Crippen LogP contribution in [0.5, 0.6) is 0 Å². The fourth-order valence-corrected chi connectivity index (χ4v) is 5.26. The normalized spacial score (nSPS) is 15.5. The second-order valence-corrected chi connectivity index (χ2v) is 9.47. The van der Waals surface area contributed by atoms with Gasteiger partial charge in [-0.1, -0.05) is 12.1 Å².